The van der Waals surface area contributed by atoms with Gasteiger partial charge in [-0.05, 0) is 37.9 Å². The molecule has 3 nitrogen and oxygen atoms in total. The summed E-state index contributed by atoms with van der Waals surface area (Å²) in [5, 5.41) is 3.59. The van der Waals surface area contributed by atoms with Crippen LogP contribution in [0.5, 0.6) is 0 Å². The van der Waals surface area contributed by atoms with Crippen molar-refractivity contribution in [1.82, 2.24) is 14.9 Å². The maximum atomic E-state index is 4.74. The molecule has 1 aromatic carbocycles. The summed E-state index contributed by atoms with van der Waals surface area (Å²) in [4.78, 5) is 4.74. The highest BCUT2D eigenvalue weighted by atomic mass is 15.1. The van der Waals surface area contributed by atoms with Crippen molar-refractivity contribution in [2.75, 3.05) is 6.54 Å². The number of unbranched alkanes of at least 4 members (excludes halogenated alkanes) is 1. The Morgan fingerprint density at radius 1 is 1.15 bits per heavy atom. The van der Waals surface area contributed by atoms with Crippen LogP contribution in [0.4, 0.5) is 0 Å². The Balaban J connectivity index is 1.91. The molecule has 0 saturated heterocycles. The van der Waals surface area contributed by atoms with E-state index >= 15 is 0 Å². The Kier molecular flexibility index (Phi) is 5.18. The summed E-state index contributed by atoms with van der Waals surface area (Å²) in [5.41, 5.74) is 2.29. The predicted molar refractivity (Wildman–Crippen MR) is 85.8 cm³/mol. The topological polar surface area (TPSA) is 29.9 Å². The highest BCUT2D eigenvalue weighted by Crippen LogP contribution is 2.19. The highest BCUT2D eigenvalue weighted by molar-refractivity contribution is 5.75. The van der Waals surface area contributed by atoms with Gasteiger partial charge in [-0.15, -0.1) is 0 Å². The summed E-state index contributed by atoms with van der Waals surface area (Å²) in [7, 11) is 2.10. The van der Waals surface area contributed by atoms with Gasteiger partial charge < -0.3 is 9.88 Å². The summed E-state index contributed by atoms with van der Waals surface area (Å²) in [6, 6.07) is 8.61. The van der Waals surface area contributed by atoms with Crippen LogP contribution in [0.1, 0.15) is 51.9 Å². The lowest BCUT2D eigenvalue weighted by Crippen LogP contribution is -2.22. The fourth-order valence-electron chi connectivity index (χ4n) is 2.64. The van der Waals surface area contributed by atoms with Gasteiger partial charge in [-0.2, -0.15) is 0 Å². The van der Waals surface area contributed by atoms with Crippen LogP contribution in [0.15, 0.2) is 24.3 Å². The van der Waals surface area contributed by atoms with E-state index in [1.165, 1.54) is 24.8 Å². The van der Waals surface area contributed by atoms with Crippen molar-refractivity contribution < 1.29 is 0 Å². The molecule has 0 fully saturated rings. The first kappa shape index (κ1) is 15.0. The molecule has 0 amide bonds. The lowest BCUT2D eigenvalue weighted by atomic mass is 10.1. The second-order valence-electron chi connectivity index (χ2n) is 6.08. The first-order valence-corrected chi connectivity index (χ1v) is 7.74. The number of hydrogen-bond donors (Lipinski definition) is 1. The van der Waals surface area contributed by atoms with Gasteiger partial charge in [0.1, 0.15) is 5.82 Å². The number of hydrogen-bond acceptors (Lipinski definition) is 2. The second kappa shape index (κ2) is 6.89. The van der Waals surface area contributed by atoms with Gasteiger partial charge >= 0.3 is 0 Å². The summed E-state index contributed by atoms with van der Waals surface area (Å²) in [6.07, 6.45) is 3.87. The highest BCUT2D eigenvalue weighted by Gasteiger charge is 2.13. The van der Waals surface area contributed by atoms with Crippen molar-refractivity contribution in [3.63, 3.8) is 0 Å². The molecule has 1 unspecified atom stereocenters. The molecule has 2 rings (SSSR count). The Morgan fingerprint density at radius 3 is 2.60 bits per heavy atom. The van der Waals surface area contributed by atoms with Crippen LogP contribution in [0.2, 0.25) is 0 Å². The minimum absolute atomic E-state index is 0.298. The van der Waals surface area contributed by atoms with Gasteiger partial charge in [-0.25, -0.2) is 4.98 Å². The molecule has 0 radical (unpaired) electrons. The van der Waals surface area contributed by atoms with E-state index in [0.717, 1.165) is 23.8 Å². The molecule has 0 aliphatic carbocycles. The quantitative estimate of drug-likeness (QED) is 0.771. The molecule has 1 aromatic heterocycles. The van der Waals surface area contributed by atoms with Gasteiger partial charge in [0, 0.05) is 7.05 Å². The third-order valence-corrected chi connectivity index (χ3v) is 3.87. The first-order valence-electron chi connectivity index (χ1n) is 7.74. The molecule has 0 spiro atoms. The van der Waals surface area contributed by atoms with E-state index < -0.39 is 0 Å². The van der Waals surface area contributed by atoms with Crippen molar-refractivity contribution in [3.05, 3.63) is 30.1 Å². The molecule has 20 heavy (non-hydrogen) atoms. The molecule has 3 heteroatoms. The normalized spacial score (nSPS) is 13.2. The van der Waals surface area contributed by atoms with Crippen molar-refractivity contribution in [3.8, 4) is 0 Å². The van der Waals surface area contributed by atoms with E-state index in [9.17, 15) is 0 Å². The Bertz CT molecular complexity index is 542. The van der Waals surface area contributed by atoms with Crippen molar-refractivity contribution in [1.29, 1.82) is 0 Å². The minimum Gasteiger partial charge on any atom is -0.330 e. The fourth-order valence-corrected chi connectivity index (χ4v) is 2.64. The standard InChI is InChI=1S/C17H27N3/c1-13(2)9-7-8-12-18-14(3)17-19-15-10-5-6-11-16(15)20(17)4/h5-6,10-11,13-14,18H,7-9,12H2,1-4H3. The molecule has 1 N–H and O–H groups in total. The molecule has 110 valence electrons. The number of fused-ring (bicyclic) bond motifs is 1. The number of aryl methyl sites for hydroxylation is 1. The molecule has 0 aliphatic rings. The average molecular weight is 273 g/mol. The molecular formula is C17H27N3. The van der Waals surface area contributed by atoms with Gasteiger partial charge in [-0.1, -0.05) is 38.8 Å². The van der Waals surface area contributed by atoms with Gasteiger partial charge in [0.25, 0.3) is 0 Å². The van der Waals surface area contributed by atoms with Crippen LogP contribution in [-0.4, -0.2) is 16.1 Å². The third kappa shape index (κ3) is 3.60. The predicted octanol–water partition coefficient (Wildman–Crippen LogP) is 4.05. The molecule has 0 bridgehead atoms. The number of nitrogens with zero attached hydrogens (tertiary/aromatic N) is 2. The Labute approximate surface area is 122 Å². The van der Waals surface area contributed by atoms with Gasteiger partial charge in [-0.3, -0.25) is 0 Å². The molecule has 0 saturated carbocycles. The van der Waals surface area contributed by atoms with Crippen molar-refractivity contribution >= 4 is 11.0 Å². The van der Waals surface area contributed by atoms with Gasteiger partial charge in [0.05, 0.1) is 17.1 Å². The molecular weight excluding hydrogens is 246 g/mol. The number of para-hydroxylation sites is 2. The van der Waals surface area contributed by atoms with Gasteiger partial charge in [0.15, 0.2) is 0 Å². The average Bonchev–Trinajstić information content (AvgIpc) is 2.76. The summed E-state index contributed by atoms with van der Waals surface area (Å²) in [5.74, 6) is 1.93. The van der Waals surface area contributed by atoms with Crippen LogP contribution in [-0.2, 0) is 7.05 Å². The van der Waals surface area contributed by atoms with E-state index in [1.807, 2.05) is 6.07 Å². The smallest absolute Gasteiger partial charge is 0.126 e. The van der Waals surface area contributed by atoms with E-state index in [-0.39, 0.29) is 0 Å². The molecule has 0 aliphatic heterocycles. The van der Waals surface area contributed by atoms with Crippen LogP contribution in [0, 0.1) is 5.92 Å². The van der Waals surface area contributed by atoms with E-state index in [0.29, 0.717) is 6.04 Å². The first-order chi connectivity index (χ1) is 9.59. The van der Waals surface area contributed by atoms with E-state index in [2.05, 4.69) is 55.9 Å². The second-order valence-corrected chi connectivity index (χ2v) is 6.08. The largest absolute Gasteiger partial charge is 0.330 e. The number of nitrogens with one attached hydrogen (secondary N) is 1. The maximum absolute atomic E-state index is 4.74. The van der Waals surface area contributed by atoms with Crippen LogP contribution in [0.25, 0.3) is 11.0 Å². The van der Waals surface area contributed by atoms with Crippen LogP contribution < -0.4 is 5.32 Å². The maximum Gasteiger partial charge on any atom is 0.126 e. The lowest BCUT2D eigenvalue weighted by Gasteiger charge is -2.14. The zero-order valence-electron chi connectivity index (χ0n) is 13.2. The number of benzene rings is 1. The SMILES string of the molecule is CC(C)CCCCNC(C)c1nc2ccccc2n1C. The number of imidazole rings is 1. The molecule has 1 atom stereocenters. The number of aromatic nitrogens is 2. The third-order valence-electron chi connectivity index (χ3n) is 3.87. The number of rotatable bonds is 7. The minimum atomic E-state index is 0.298. The summed E-state index contributed by atoms with van der Waals surface area (Å²) >= 11 is 0. The summed E-state index contributed by atoms with van der Waals surface area (Å²) in [6.45, 7) is 7.84. The van der Waals surface area contributed by atoms with E-state index in [1.54, 1.807) is 0 Å². The Hall–Kier alpha value is -1.35. The van der Waals surface area contributed by atoms with E-state index in [4.69, 9.17) is 4.98 Å². The van der Waals surface area contributed by atoms with Crippen molar-refractivity contribution in [2.24, 2.45) is 13.0 Å². The molecule has 2 aromatic rings. The zero-order valence-corrected chi connectivity index (χ0v) is 13.2. The zero-order chi connectivity index (χ0) is 14.5. The van der Waals surface area contributed by atoms with Crippen LogP contribution in [0.3, 0.4) is 0 Å². The van der Waals surface area contributed by atoms with Gasteiger partial charge in [0.2, 0.25) is 0 Å². The van der Waals surface area contributed by atoms with Crippen molar-refractivity contribution in [2.45, 2.75) is 46.1 Å². The van der Waals surface area contributed by atoms with Crippen LogP contribution >= 0.6 is 0 Å². The molecule has 1 heterocycles. The lowest BCUT2D eigenvalue weighted by molar-refractivity contribution is 0.484. The summed E-state index contributed by atoms with van der Waals surface area (Å²) < 4.78 is 2.20. The monoisotopic (exact) mass is 273 g/mol. The fraction of sp³-hybridized carbons (Fsp3) is 0.588. The Morgan fingerprint density at radius 2 is 1.90 bits per heavy atom.